The van der Waals surface area contributed by atoms with Gasteiger partial charge in [-0.1, -0.05) is 91.0 Å². The molecule has 3 aromatic rings. The number of nitrogens with two attached hydrogens (primary N) is 1. The van der Waals surface area contributed by atoms with Crippen LogP contribution in [0.3, 0.4) is 0 Å². The number of ether oxygens (including phenoxy) is 1. The lowest BCUT2D eigenvalue weighted by Crippen LogP contribution is -2.42. The Hall–Kier alpha value is -3.97. The zero-order chi connectivity index (χ0) is 24.3. The fourth-order valence-electron chi connectivity index (χ4n) is 3.61. The van der Waals surface area contributed by atoms with Gasteiger partial charge in [0.1, 0.15) is 12.6 Å². The van der Waals surface area contributed by atoms with E-state index in [4.69, 9.17) is 15.6 Å². The third kappa shape index (κ3) is 6.76. The van der Waals surface area contributed by atoms with Crippen molar-refractivity contribution in [1.29, 1.82) is 0 Å². The zero-order valence-corrected chi connectivity index (χ0v) is 18.7. The van der Waals surface area contributed by atoms with E-state index in [1.165, 1.54) is 0 Å². The number of carbonyl (C=O) groups is 3. The highest BCUT2D eigenvalue weighted by molar-refractivity contribution is 5.97. The highest BCUT2D eigenvalue weighted by Crippen LogP contribution is 2.27. The van der Waals surface area contributed by atoms with E-state index < -0.39 is 29.9 Å². The van der Waals surface area contributed by atoms with Gasteiger partial charge < -0.3 is 15.6 Å². The van der Waals surface area contributed by atoms with Crippen LogP contribution in [0.1, 0.15) is 35.4 Å². The number of aliphatic carboxylic acids is 1. The number of carbonyl (C=O) groups excluding carboxylic acids is 2. The number of hydrogen-bond donors (Lipinski definition) is 2. The first-order valence-corrected chi connectivity index (χ1v) is 11.1. The van der Waals surface area contributed by atoms with E-state index in [1.807, 2.05) is 91.0 Å². The Balaban J connectivity index is 1.85. The number of amides is 2. The van der Waals surface area contributed by atoms with Gasteiger partial charge in [-0.3, -0.25) is 9.59 Å². The van der Waals surface area contributed by atoms with Crippen LogP contribution in [0, 0.1) is 0 Å². The molecule has 0 saturated carbocycles. The second kappa shape index (κ2) is 12.3. The molecule has 0 aliphatic heterocycles. The maximum absolute atomic E-state index is 13.8. The summed E-state index contributed by atoms with van der Waals surface area (Å²) in [5.74, 6) is -2.30. The van der Waals surface area contributed by atoms with Crippen LogP contribution in [0.25, 0.3) is 0 Å². The van der Waals surface area contributed by atoms with Gasteiger partial charge in [0.15, 0.2) is 0 Å². The molecular formula is C27H28N2O5. The molecule has 7 heteroatoms. The monoisotopic (exact) mass is 460 g/mol. The standard InChI is InChI=1S/C27H28N2O5/c28-23(26(31)32)17-10-18-29(27(33)34-19-20-11-4-1-5-12-20)25(30)24(21-13-6-2-7-14-21)22-15-8-3-9-16-22/h1-9,11-16,23-24H,10,17-19,28H2,(H,31,32)/t23-/m1/s1. The number of nitrogens with zero attached hydrogens (tertiary/aromatic N) is 1. The Morgan fingerprint density at radius 2 is 1.32 bits per heavy atom. The van der Waals surface area contributed by atoms with Crippen LogP contribution in [0.15, 0.2) is 91.0 Å². The molecule has 0 aliphatic rings. The second-order valence-corrected chi connectivity index (χ2v) is 7.87. The van der Waals surface area contributed by atoms with Gasteiger partial charge >= 0.3 is 12.1 Å². The van der Waals surface area contributed by atoms with Gasteiger partial charge in [-0.2, -0.15) is 0 Å². The van der Waals surface area contributed by atoms with Crippen molar-refractivity contribution in [3.8, 4) is 0 Å². The molecular weight excluding hydrogens is 432 g/mol. The van der Waals surface area contributed by atoms with Crippen molar-refractivity contribution in [2.45, 2.75) is 31.4 Å². The number of hydrogen-bond acceptors (Lipinski definition) is 5. The molecule has 3 N–H and O–H groups in total. The number of carboxylic acid groups (broad SMARTS) is 1. The molecule has 34 heavy (non-hydrogen) atoms. The average Bonchev–Trinajstić information content (AvgIpc) is 2.87. The van der Waals surface area contributed by atoms with Gasteiger partial charge in [0, 0.05) is 6.54 Å². The van der Waals surface area contributed by atoms with Crippen molar-refractivity contribution in [2.75, 3.05) is 6.54 Å². The second-order valence-electron chi connectivity index (χ2n) is 7.87. The SMILES string of the molecule is N[C@H](CCCN(C(=O)OCc1ccccc1)C(=O)C(c1ccccc1)c1ccccc1)C(=O)O. The number of benzene rings is 3. The summed E-state index contributed by atoms with van der Waals surface area (Å²) in [4.78, 5) is 39.0. The molecule has 0 spiro atoms. The minimum atomic E-state index is -1.13. The molecule has 0 fully saturated rings. The van der Waals surface area contributed by atoms with Crippen LogP contribution in [-0.4, -0.2) is 40.6 Å². The number of carboxylic acids is 1. The quantitative estimate of drug-likeness (QED) is 0.470. The highest BCUT2D eigenvalue weighted by Gasteiger charge is 2.32. The molecule has 0 heterocycles. The maximum atomic E-state index is 13.8. The van der Waals surface area contributed by atoms with E-state index in [0.717, 1.165) is 21.6 Å². The van der Waals surface area contributed by atoms with E-state index >= 15 is 0 Å². The molecule has 7 nitrogen and oxygen atoms in total. The molecule has 3 rings (SSSR count). The maximum Gasteiger partial charge on any atom is 0.416 e. The van der Waals surface area contributed by atoms with Crippen LogP contribution < -0.4 is 5.73 Å². The largest absolute Gasteiger partial charge is 0.480 e. The summed E-state index contributed by atoms with van der Waals surface area (Å²) in [5, 5.41) is 9.06. The zero-order valence-electron chi connectivity index (χ0n) is 18.7. The van der Waals surface area contributed by atoms with E-state index in [2.05, 4.69) is 0 Å². The fraction of sp³-hybridized carbons (Fsp3) is 0.222. The number of imide groups is 1. The molecule has 0 aromatic heterocycles. The summed E-state index contributed by atoms with van der Waals surface area (Å²) < 4.78 is 5.46. The first-order valence-electron chi connectivity index (χ1n) is 11.1. The molecule has 0 saturated heterocycles. The summed E-state index contributed by atoms with van der Waals surface area (Å²) in [7, 11) is 0. The summed E-state index contributed by atoms with van der Waals surface area (Å²) in [6, 6.07) is 26.5. The molecule has 176 valence electrons. The molecule has 0 unspecified atom stereocenters. The lowest BCUT2D eigenvalue weighted by molar-refractivity contribution is -0.138. The Morgan fingerprint density at radius 1 is 0.824 bits per heavy atom. The smallest absolute Gasteiger partial charge is 0.416 e. The Morgan fingerprint density at radius 3 is 1.82 bits per heavy atom. The molecule has 2 amide bonds. The lowest BCUT2D eigenvalue weighted by Gasteiger charge is -2.26. The highest BCUT2D eigenvalue weighted by atomic mass is 16.6. The third-order valence-electron chi connectivity index (χ3n) is 5.42. The fourth-order valence-corrected chi connectivity index (χ4v) is 3.61. The predicted molar refractivity (Wildman–Crippen MR) is 128 cm³/mol. The molecule has 0 bridgehead atoms. The first kappa shape index (κ1) is 24.7. The van der Waals surface area contributed by atoms with Gasteiger partial charge in [0.2, 0.25) is 5.91 Å². The summed E-state index contributed by atoms with van der Waals surface area (Å²) >= 11 is 0. The van der Waals surface area contributed by atoms with Crippen LogP contribution in [0.5, 0.6) is 0 Å². The molecule has 0 radical (unpaired) electrons. The predicted octanol–water partition coefficient (Wildman–Crippen LogP) is 4.18. The summed E-state index contributed by atoms with van der Waals surface area (Å²) in [6.45, 7) is 0.00301. The van der Waals surface area contributed by atoms with Crippen molar-refractivity contribution in [3.05, 3.63) is 108 Å². The third-order valence-corrected chi connectivity index (χ3v) is 5.42. The van der Waals surface area contributed by atoms with E-state index in [0.29, 0.717) is 0 Å². The Kier molecular flexibility index (Phi) is 8.94. The van der Waals surface area contributed by atoms with Gasteiger partial charge in [-0.25, -0.2) is 9.69 Å². The topological polar surface area (TPSA) is 110 Å². The van der Waals surface area contributed by atoms with Gasteiger partial charge in [-0.15, -0.1) is 0 Å². The van der Waals surface area contributed by atoms with Crippen molar-refractivity contribution < 1.29 is 24.2 Å². The van der Waals surface area contributed by atoms with Crippen LogP contribution >= 0.6 is 0 Å². The summed E-state index contributed by atoms with van der Waals surface area (Å²) in [6.07, 6.45) is -0.433. The van der Waals surface area contributed by atoms with Crippen molar-refractivity contribution in [3.63, 3.8) is 0 Å². The molecule has 3 aromatic carbocycles. The van der Waals surface area contributed by atoms with E-state index in [-0.39, 0.29) is 26.0 Å². The first-order chi connectivity index (χ1) is 16.5. The van der Waals surface area contributed by atoms with Gasteiger partial charge in [0.05, 0.1) is 5.92 Å². The average molecular weight is 461 g/mol. The van der Waals surface area contributed by atoms with Gasteiger partial charge in [0.25, 0.3) is 0 Å². The Labute approximate surface area is 198 Å². The van der Waals surface area contributed by atoms with Crippen molar-refractivity contribution in [1.82, 2.24) is 4.90 Å². The van der Waals surface area contributed by atoms with Crippen molar-refractivity contribution in [2.24, 2.45) is 5.73 Å². The molecule has 0 aliphatic carbocycles. The number of rotatable bonds is 10. The lowest BCUT2D eigenvalue weighted by atomic mass is 9.90. The minimum absolute atomic E-state index is 0.0103. The normalized spacial score (nSPS) is 11.6. The summed E-state index contributed by atoms with van der Waals surface area (Å²) in [5.41, 5.74) is 7.88. The Bertz CT molecular complexity index is 1030. The minimum Gasteiger partial charge on any atom is -0.480 e. The van der Waals surface area contributed by atoms with E-state index in [1.54, 1.807) is 0 Å². The van der Waals surface area contributed by atoms with Crippen molar-refractivity contribution >= 4 is 18.0 Å². The van der Waals surface area contributed by atoms with Crippen LogP contribution in [0.2, 0.25) is 0 Å². The van der Waals surface area contributed by atoms with E-state index in [9.17, 15) is 14.4 Å². The van der Waals surface area contributed by atoms with Crippen LogP contribution in [-0.2, 0) is 20.9 Å². The van der Waals surface area contributed by atoms with Gasteiger partial charge in [-0.05, 0) is 29.5 Å². The van der Waals surface area contributed by atoms with Crippen LogP contribution in [0.4, 0.5) is 4.79 Å². The molecule has 1 atom stereocenters.